The molecular formula is C16H15N3OS2. The number of nitrogens with zero attached hydrogens (tertiary/aromatic N) is 2. The van der Waals surface area contributed by atoms with E-state index >= 15 is 0 Å². The van der Waals surface area contributed by atoms with Crippen molar-refractivity contribution in [2.75, 3.05) is 0 Å². The van der Waals surface area contributed by atoms with Gasteiger partial charge in [-0.1, -0.05) is 47.7 Å². The predicted octanol–water partition coefficient (Wildman–Crippen LogP) is 3.22. The van der Waals surface area contributed by atoms with Gasteiger partial charge in [0.15, 0.2) is 5.17 Å². The lowest BCUT2D eigenvalue weighted by Gasteiger charge is -2.05. The topological polar surface area (TPSA) is 53.8 Å². The first-order chi connectivity index (χ1) is 10.7. The molecule has 1 aliphatic rings. The molecule has 0 spiro atoms. The lowest BCUT2D eigenvalue weighted by atomic mass is 10.1. The molecule has 0 aliphatic carbocycles. The van der Waals surface area contributed by atoms with Crippen molar-refractivity contribution in [3.63, 3.8) is 0 Å². The summed E-state index contributed by atoms with van der Waals surface area (Å²) < 4.78 is 0. The number of carbonyl (C=O) groups is 1. The van der Waals surface area contributed by atoms with Crippen LogP contribution in [0.4, 0.5) is 0 Å². The highest BCUT2D eigenvalue weighted by atomic mass is 32.2. The molecule has 2 aromatic rings. The number of nitrogens with one attached hydrogen (secondary N) is 1. The maximum absolute atomic E-state index is 12.0. The fourth-order valence-electron chi connectivity index (χ4n) is 2.14. The maximum Gasteiger partial charge on any atom is 0.239 e. The number of thioether (sulfide) groups is 1. The smallest absolute Gasteiger partial charge is 0.239 e. The highest BCUT2D eigenvalue weighted by Crippen LogP contribution is 2.23. The van der Waals surface area contributed by atoms with Gasteiger partial charge in [-0.25, -0.2) is 0 Å². The third-order valence-corrected chi connectivity index (χ3v) is 5.04. The number of thiophene rings is 1. The molecule has 0 bridgehead atoms. The van der Waals surface area contributed by atoms with Crippen LogP contribution in [-0.2, 0) is 11.2 Å². The van der Waals surface area contributed by atoms with Crippen LogP contribution in [-0.4, -0.2) is 22.5 Å². The number of benzene rings is 1. The van der Waals surface area contributed by atoms with Crippen LogP contribution < -0.4 is 5.32 Å². The van der Waals surface area contributed by atoms with E-state index in [0.29, 0.717) is 11.6 Å². The molecule has 112 valence electrons. The summed E-state index contributed by atoms with van der Waals surface area (Å²) in [6.45, 7) is 2.05. The van der Waals surface area contributed by atoms with Crippen LogP contribution >= 0.6 is 23.1 Å². The Kier molecular flexibility index (Phi) is 4.70. The first kappa shape index (κ1) is 15.0. The molecule has 1 saturated heterocycles. The Bertz CT molecular complexity index is 723. The number of hydrogen-bond acceptors (Lipinski definition) is 5. The lowest BCUT2D eigenvalue weighted by Crippen LogP contribution is -2.25. The molecule has 1 atom stereocenters. The zero-order chi connectivity index (χ0) is 15.4. The molecule has 4 nitrogen and oxygen atoms in total. The molecule has 0 saturated carbocycles. The summed E-state index contributed by atoms with van der Waals surface area (Å²) in [5, 5.41) is 13.3. The van der Waals surface area contributed by atoms with Gasteiger partial charge in [-0.15, -0.1) is 16.4 Å². The number of amidine groups is 1. The van der Waals surface area contributed by atoms with Crippen LogP contribution in [0.2, 0.25) is 0 Å². The minimum atomic E-state index is -0.141. The van der Waals surface area contributed by atoms with Gasteiger partial charge in [-0.05, 0) is 30.4 Å². The van der Waals surface area contributed by atoms with E-state index in [9.17, 15) is 4.79 Å². The molecule has 3 rings (SSSR count). The fourth-order valence-corrected chi connectivity index (χ4v) is 3.69. The summed E-state index contributed by atoms with van der Waals surface area (Å²) in [4.78, 5) is 13.0. The summed E-state index contributed by atoms with van der Waals surface area (Å²) in [5.41, 5.74) is 2.37. The van der Waals surface area contributed by atoms with Crippen molar-refractivity contribution in [2.45, 2.75) is 18.6 Å². The molecule has 0 radical (unpaired) electrons. The van der Waals surface area contributed by atoms with Gasteiger partial charge in [0.2, 0.25) is 5.91 Å². The molecule has 2 heterocycles. The van der Waals surface area contributed by atoms with E-state index in [1.165, 1.54) is 17.3 Å². The number of hydrogen-bond donors (Lipinski definition) is 1. The Labute approximate surface area is 137 Å². The first-order valence-electron chi connectivity index (χ1n) is 6.88. The monoisotopic (exact) mass is 329 g/mol. The zero-order valence-electron chi connectivity index (χ0n) is 12.0. The van der Waals surface area contributed by atoms with Gasteiger partial charge in [0.1, 0.15) is 0 Å². The summed E-state index contributed by atoms with van der Waals surface area (Å²) in [5.74, 6) is -0.00317. The Morgan fingerprint density at radius 2 is 2.23 bits per heavy atom. The van der Waals surface area contributed by atoms with E-state index in [2.05, 4.69) is 34.6 Å². The van der Waals surface area contributed by atoms with Crippen LogP contribution in [0.3, 0.4) is 0 Å². The van der Waals surface area contributed by atoms with Gasteiger partial charge < -0.3 is 5.32 Å². The molecule has 0 unspecified atom stereocenters. The summed E-state index contributed by atoms with van der Waals surface area (Å²) >= 11 is 3.03. The van der Waals surface area contributed by atoms with Crippen molar-refractivity contribution in [1.29, 1.82) is 0 Å². The molecule has 22 heavy (non-hydrogen) atoms. The second kappa shape index (κ2) is 6.89. The summed E-state index contributed by atoms with van der Waals surface area (Å²) in [7, 11) is 0. The SMILES string of the molecule is Cc1cccc(C[C@H]2S/C(=N/N=Cc3cccs3)NC2=O)c1. The van der Waals surface area contributed by atoms with E-state index in [1.54, 1.807) is 17.6 Å². The molecule has 1 N–H and O–H groups in total. The molecular weight excluding hydrogens is 314 g/mol. The predicted molar refractivity (Wildman–Crippen MR) is 93.8 cm³/mol. The third-order valence-electron chi connectivity index (χ3n) is 3.16. The highest BCUT2D eigenvalue weighted by Gasteiger charge is 2.30. The molecule has 1 aliphatic heterocycles. The van der Waals surface area contributed by atoms with Crippen LogP contribution in [0, 0.1) is 6.92 Å². The van der Waals surface area contributed by atoms with E-state index in [4.69, 9.17) is 0 Å². The average molecular weight is 329 g/mol. The summed E-state index contributed by atoms with van der Waals surface area (Å²) in [6, 6.07) is 12.2. The number of amides is 1. The van der Waals surface area contributed by atoms with Crippen LogP contribution in [0.25, 0.3) is 0 Å². The lowest BCUT2D eigenvalue weighted by molar-refractivity contribution is -0.118. The molecule has 1 aromatic heterocycles. The third kappa shape index (κ3) is 3.84. The van der Waals surface area contributed by atoms with Gasteiger partial charge >= 0.3 is 0 Å². The fraction of sp³-hybridized carbons (Fsp3) is 0.188. The Hall–Kier alpha value is -1.92. The van der Waals surface area contributed by atoms with Gasteiger partial charge in [-0.2, -0.15) is 5.10 Å². The molecule has 1 aromatic carbocycles. The van der Waals surface area contributed by atoms with Crippen LogP contribution in [0.1, 0.15) is 16.0 Å². The quantitative estimate of drug-likeness (QED) is 0.692. The highest BCUT2D eigenvalue weighted by molar-refractivity contribution is 8.15. The Balaban J connectivity index is 1.63. The van der Waals surface area contributed by atoms with Gasteiger partial charge in [0, 0.05) is 4.88 Å². The second-order valence-electron chi connectivity index (χ2n) is 4.95. The maximum atomic E-state index is 12.0. The van der Waals surface area contributed by atoms with Crippen molar-refractivity contribution < 1.29 is 4.79 Å². The van der Waals surface area contributed by atoms with E-state index in [0.717, 1.165) is 10.4 Å². The second-order valence-corrected chi connectivity index (χ2v) is 7.12. The van der Waals surface area contributed by atoms with E-state index in [1.807, 2.05) is 29.6 Å². The largest absolute Gasteiger partial charge is 0.303 e. The standard InChI is InChI=1S/C16H15N3OS2/c1-11-4-2-5-12(8-11)9-14-15(20)18-16(22-14)19-17-10-13-6-3-7-21-13/h2-8,10,14H,9H2,1H3,(H,18,19,20)/t14-/m1/s1. The van der Waals surface area contributed by atoms with Crippen LogP contribution in [0.5, 0.6) is 0 Å². The minimum Gasteiger partial charge on any atom is -0.303 e. The van der Waals surface area contributed by atoms with Gasteiger partial charge in [0.25, 0.3) is 0 Å². The van der Waals surface area contributed by atoms with Gasteiger partial charge in [-0.3, -0.25) is 4.79 Å². The van der Waals surface area contributed by atoms with E-state index in [-0.39, 0.29) is 11.2 Å². The Morgan fingerprint density at radius 3 is 3.00 bits per heavy atom. The molecule has 1 fully saturated rings. The summed E-state index contributed by atoms with van der Waals surface area (Å²) in [6.07, 6.45) is 2.39. The number of aryl methyl sites for hydroxylation is 1. The van der Waals surface area contributed by atoms with Crippen molar-refractivity contribution in [3.05, 3.63) is 57.8 Å². The van der Waals surface area contributed by atoms with Crippen molar-refractivity contribution in [1.82, 2.24) is 5.32 Å². The molecule has 1 amide bonds. The van der Waals surface area contributed by atoms with Crippen molar-refractivity contribution in [3.8, 4) is 0 Å². The van der Waals surface area contributed by atoms with Crippen molar-refractivity contribution >= 4 is 40.4 Å². The van der Waals surface area contributed by atoms with Gasteiger partial charge in [0.05, 0.1) is 11.5 Å². The molecule has 6 heteroatoms. The Morgan fingerprint density at radius 1 is 1.32 bits per heavy atom. The van der Waals surface area contributed by atoms with Crippen molar-refractivity contribution in [2.24, 2.45) is 10.2 Å². The van der Waals surface area contributed by atoms with Crippen LogP contribution in [0.15, 0.2) is 52.0 Å². The number of carbonyl (C=O) groups excluding carboxylic acids is 1. The average Bonchev–Trinajstić information content (AvgIpc) is 3.10. The normalized spacial score (nSPS) is 20.0. The number of rotatable bonds is 4. The minimum absolute atomic E-state index is 0.00317. The first-order valence-corrected chi connectivity index (χ1v) is 8.64. The van der Waals surface area contributed by atoms with E-state index < -0.39 is 0 Å². The zero-order valence-corrected chi connectivity index (χ0v) is 13.7.